The highest BCUT2D eigenvalue weighted by atomic mass is 16.3. The summed E-state index contributed by atoms with van der Waals surface area (Å²) in [5.41, 5.74) is 4.01. The molecule has 138 valence electrons. The van der Waals surface area contributed by atoms with Gasteiger partial charge in [-0.15, -0.1) is 0 Å². The molecule has 0 aliphatic rings. The Bertz CT molecular complexity index is 632. The molecule has 0 spiro atoms. The van der Waals surface area contributed by atoms with E-state index in [1.807, 2.05) is 0 Å². The van der Waals surface area contributed by atoms with E-state index in [1.165, 1.54) is 16.8 Å². The minimum atomic E-state index is -0.233. The molecule has 1 atom stereocenters. The summed E-state index contributed by atoms with van der Waals surface area (Å²) in [5, 5.41) is 10.3. The van der Waals surface area contributed by atoms with Crippen molar-refractivity contribution in [3.8, 4) is 0 Å². The highest BCUT2D eigenvalue weighted by Crippen LogP contribution is 2.15. The molecular formula is C22H34N2O. The van der Waals surface area contributed by atoms with Gasteiger partial charge in [0.25, 0.3) is 0 Å². The van der Waals surface area contributed by atoms with Gasteiger partial charge in [-0.05, 0) is 42.5 Å². The van der Waals surface area contributed by atoms with Gasteiger partial charge in [0, 0.05) is 38.1 Å². The summed E-state index contributed by atoms with van der Waals surface area (Å²) in [6.45, 7) is 12.3. The molecular weight excluding hydrogens is 308 g/mol. The zero-order chi connectivity index (χ0) is 18.2. The van der Waals surface area contributed by atoms with E-state index in [0.717, 1.165) is 39.0 Å². The largest absolute Gasteiger partial charge is 0.392 e. The molecule has 1 aromatic heterocycles. The first-order valence-electron chi connectivity index (χ1n) is 9.58. The molecule has 0 saturated heterocycles. The van der Waals surface area contributed by atoms with E-state index in [4.69, 9.17) is 0 Å². The number of rotatable bonds is 10. The summed E-state index contributed by atoms with van der Waals surface area (Å²) < 4.78 is 2.34. The van der Waals surface area contributed by atoms with Crippen molar-refractivity contribution in [3.63, 3.8) is 0 Å². The molecule has 0 radical (unpaired) electrons. The Morgan fingerprint density at radius 2 is 1.84 bits per heavy atom. The average Bonchev–Trinajstić information content (AvgIpc) is 2.96. The quantitative estimate of drug-likeness (QED) is 0.690. The third-order valence-electron chi connectivity index (χ3n) is 4.63. The number of nitrogens with zero attached hydrogens (tertiary/aromatic N) is 2. The van der Waals surface area contributed by atoms with Crippen LogP contribution < -0.4 is 0 Å². The van der Waals surface area contributed by atoms with Crippen molar-refractivity contribution in [2.75, 3.05) is 13.1 Å². The van der Waals surface area contributed by atoms with Gasteiger partial charge in [-0.1, -0.05) is 51.5 Å². The maximum atomic E-state index is 10.3. The lowest BCUT2D eigenvalue weighted by molar-refractivity contribution is 0.0932. The number of aliphatic hydroxyl groups excluding tert-OH is 1. The molecule has 1 N–H and O–H groups in total. The Morgan fingerprint density at radius 1 is 1.08 bits per heavy atom. The van der Waals surface area contributed by atoms with Gasteiger partial charge < -0.3 is 9.67 Å². The fourth-order valence-electron chi connectivity index (χ4n) is 3.39. The molecule has 1 aromatic carbocycles. The lowest BCUT2D eigenvalue weighted by Gasteiger charge is -2.27. The maximum Gasteiger partial charge on any atom is 0.0667 e. The van der Waals surface area contributed by atoms with Crippen LogP contribution in [0, 0.1) is 12.8 Å². The van der Waals surface area contributed by atoms with Gasteiger partial charge in [0.2, 0.25) is 0 Å². The van der Waals surface area contributed by atoms with Crippen LogP contribution in [-0.4, -0.2) is 33.8 Å². The first-order chi connectivity index (χ1) is 12.0. The fourth-order valence-corrected chi connectivity index (χ4v) is 3.39. The topological polar surface area (TPSA) is 28.4 Å². The molecule has 0 bridgehead atoms. The third-order valence-corrected chi connectivity index (χ3v) is 4.63. The maximum absolute atomic E-state index is 10.3. The van der Waals surface area contributed by atoms with Crippen molar-refractivity contribution in [3.05, 3.63) is 59.4 Å². The van der Waals surface area contributed by atoms with Gasteiger partial charge >= 0.3 is 0 Å². The SMILES string of the molecule is CCCC(O)CN(Cc1cccn1Cc1ccccc1C)CC(C)C. The molecule has 25 heavy (non-hydrogen) atoms. The van der Waals surface area contributed by atoms with Crippen LogP contribution in [0.2, 0.25) is 0 Å². The van der Waals surface area contributed by atoms with E-state index in [9.17, 15) is 5.11 Å². The van der Waals surface area contributed by atoms with E-state index in [-0.39, 0.29) is 6.10 Å². The molecule has 0 fully saturated rings. The Hall–Kier alpha value is -1.58. The van der Waals surface area contributed by atoms with Crippen LogP contribution >= 0.6 is 0 Å². The number of aromatic nitrogens is 1. The molecule has 1 unspecified atom stereocenters. The number of hydrogen-bond acceptors (Lipinski definition) is 2. The van der Waals surface area contributed by atoms with Gasteiger partial charge in [-0.2, -0.15) is 0 Å². The minimum absolute atomic E-state index is 0.233. The van der Waals surface area contributed by atoms with Crippen molar-refractivity contribution in [1.29, 1.82) is 0 Å². The van der Waals surface area contributed by atoms with Crippen molar-refractivity contribution < 1.29 is 5.11 Å². The highest BCUT2D eigenvalue weighted by molar-refractivity contribution is 5.26. The molecule has 2 rings (SSSR count). The summed E-state index contributed by atoms with van der Waals surface area (Å²) in [5.74, 6) is 0.591. The second kappa shape index (κ2) is 9.79. The summed E-state index contributed by atoms with van der Waals surface area (Å²) in [6, 6.07) is 12.9. The van der Waals surface area contributed by atoms with Crippen LogP contribution in [0.3, 0.4) is 0 Å². The number of hydrogen-bond donors (Lipinski definition) is 1. The van der Waals surface area contributed by atoms with Crippen molar-refractivity contribution >= 4 is 0 Å². The Balaban J connectivity index is 2.09. The molecule has 0 aliphatic carbocycles. The van der Waals surface area contributed by atoms with Gasteiger partial charge in [0.15, 0.2) is 0 Å². The zero-order valence-corrected chi connectivity index (χ0v) is 16.3. The second-order valence-corrected chi connectivity index (χ2v) is 7.58. The summed E-state index contributed by atoms with van der Waals surface area (Å²) >= 11 is 0. The summed E-state index contributed by atoms with van der Waals surface area (Å²) in [4.78, 5) is 2.40. The van der Waals surface area contributed by atoms with Gasteiger partial charge in [0.1, 0.15) is 0 Å². The van der Waals surface area contributed by atoms with E-state index in [1.54, 1.807) is 0 Å². The van der Waals surface area contributed by atoms with Crippen LogP contribution in [0.4, 0.5) is 0 Å². The second-order valence-electron chi connectivity index (χ2n) is 7.58. The Morgan fingerprint density at radius 3 is 2.52 bits per heavy atom. The molecule has 0 saturated carbocycles. The van der Waals surface area contributed by atoms with E-state index in [0.29, 0.717) is 5.92 Å². The van der Waals surface area contributed by atoms with Crippen LogP contribution in [0.25, 0.3) is 0 Å². The number of benzene rings is 1. The molecule has 3 nitrogen and oxygen atoms in total. The normalized spacial score (nSPS) is 12.9. The van der Waals surface area contributed by atoms with E-state index in [2.05, 4.69) is 79.8 Å². The lowest BCUT2D eigenvalue weighted by Crippen LogP contribution is -2.35. The Kier molecular flexibility index (Phi) is 7.73. The monoisotopic (exact) mass is 342 g/mol. The Labute approximate surface area is 153 Å². The molecule has 3 heteroatoms. The molecule has 2 aromatic rings. The standard InChI is InChI=1S/C22H34N2O/c1-5-9-22(25)17-23(14-18(2)3)16-21-12-8-13-24(21)15-20-11-7-6-10-19(20)4/h6-8,10-13,18,22,25H,5,9,14-17H2,1-4H3. The van der Waals surface area contributed by atoms with Crippen molar-refractivity contribution in [2.24, 2.45) is 5.92 Å². The minimum Gasteiger partial charge on any atom is -0.392 e. The smallest absolute Gasteiger partial charge is 0.0667 e. The van der Waals surface area contributed by atoms with Gasteiger partial charge in [-0.3, -0.25) is 4.90 Å². The zero-order valence-electron chi connectivity index (χ0n) is 16.3. The van der Waals surface area contributed by atoms with Crippen molar-refractivity contribution in [1.82, 2.24) is 9.47 Å². The first kappa shape index (κ1) is 19.7. The number of aliphatic hydroxyl groups is 1. The lowest BCUT2D eigenvalue weighted by atomic mass is 10.1. The first-order valence-corrected chi connectivity index (χ1v) is 9.58. The van der Waals surface area contributed by atoms with Crippen LogP contribution in [0.15, 0.2) is 42.6 Å². The number of aryl methyl sites for hydroxylation is 1. The van der Waals surface area contributed by atoms with Crippen molar-refractivity contribution in [2.45, 2.75) is 59.7 Å². The van der Waals surface area contributed by atoms with Gasteiger partial charge in [0.05, 0.1) is 6.10 Å². The van der Waals surface area contributed by atoms with Crippen LogP contribution in [0.1, 0.15) is 50.4 Å². The van der Waals surface area contributed by atoms with Crippen LogP contribution in [0.5, 0.6) is 0 Å². The summed E-state index contributed by atoms with van der Waals surface area (Å²) in [6.07, 6.45) is 3.83. The predicted octanol–water partition coefficient (Wildman–Crippen LogP) is 4.46. The highest BCUT2D eigenvalue weighted by Gasteiger charge is 2.15. The molecule has 0 aliphatic heterocycles. The van der Waals surface area contributed by atoms with Crippen LogP contribution in [-0.2, 0) is 13.1 Å². The molecule has 1 heterocycles. The summed E-state index contributed by atoms with van der Waals surface area (Å²) in [7, 11) is 0. The van der Waals surface area contributed by atoms with E-state index < -0.39 is 0 Å². The predicted molar refractivity (Wildman–Crippen MR) is 106 cm³/mol. The van der Waals surface area contributed by atoms with E-state index >= 15 is 0 Å². The fraction of sp³-hybridized carbons (Fsp3) is 0.545. The van der Waals surface area contributed by atoms with Gasteiger partial charge in [-0.25, -0.2) is 0 Å². The molecule has 0 amide bonds. The average molecular weight is 343 g/mol. The third kappa shape index (κ3) is 6.33.